The first kappa shape index (κ1) is 36.6. The molecule has 2 aromatic heterocycles. The summed E-state index contributed by atoms with van der Waals surface area (Å²) in [7, 11) is 0. The van der Waals surface area contributed by atoms with Crippen LogP contribution in [-0.4, -0.2) is 4.57 Å². The van der Waals surface area contributed by atoms with Crippen molar-refractivity contribution in [2.45, 2.75) is 0 Å². The van der Waals surface area contributed by atoms with E-state index in [0.717, 1.165) is 5.69 Å². The van der Waals surface area contributed by atoms with Crippen LogP contribution in [0, 0.1) is 0 Å². The van der Waals surface area contributed by atoms with Gasteiger partial charge in [0.25, 0.3) is 0 Å². The van der Waals surface area contributed by atoms with E-state index in [-0.39, 0.29) is 0 Å². The molecule has 0 spiro atoms. The number of hydrogen-bond donors (Lipinski definition) is 0. The predicted molar refractivity (Wildman–Crippen MR) is 276 cm³/mol. The largest absolute Gasteiger partial charge is 0.309 e. The molecule has 0 bridgehead atoms. The zero-order valence-electron chi connectivity index (χ0n) is 34.9. The normalized spacial score (nSPS) is 11.8. The minimum Gasteiger partial charge on any atom is -0.309 e. The van der Waals surface area contributed by atoms with Gasteiger partial charge in [-0.05, 0) is 120 Å². The fourth-order valence-electron chi connectivity index (χ4n) is 10.3. The summed E-state index contributed by atoms with van der Waals surface area (Å²) in [5, 5.41) is 10.2. The van der Waals surface area contributed by atoms with Crippen LogP contribution >= 0.6 is 11.3 Å². The van der Waals surface area contributed by atoms with Crippen LogP contribution in [-0.2, 0) is 0 Å². The van der Waals surface area contributed by atoms with Crippen molar-refractivity contribution in [2.24, 2.45) is 0 Å². The molecule has 0 aliphatic rings. The van der Waals surface area contributed by atoms with Crippen LogP contribution in [0.1, 0.15) is 0 Å². The Labute approximate surface area is 375 Å². The molecule has 0 saturated heterocycles. The van der Waals surface area contributed by atoms with Crippen molar-refractivity contribution < 1.29 is 0 Å². The number of benzene rings is 11. The fraction of sp³-hybridized carbons (Fsp3) is 0. The lowest BCUT2D eigenvalue weighted by Gasteiger charge is -2.18. The summed E-state index contributed by atoms with van der Waals surface area (Å²) in [5.41, 5.74) is 15.9. The molecule has 0 radical (unpaired) electrons. The van der Waals surface area contributed by atoms with Gasteiger partial charge in [0.1, 0.15) is 0 Å². The monoisotopic (exact) mass is 829 g/mol. The average Bonchev–Trinajstić information content (AvgIpc) is 3.91. The minimum absolute atomic E-state index is 1.13. The van der Waals surface area contributed by atoms with Gasteiger partial charge in [0.15, 0.2) is 0 Å². The summed E-state index contributed by atoms with van der Waals surface area (Å²) in [4.78, 5) is 0. The molecule has 298 valence electrons. The van der Waals surface area contributed by atoms with Gasteiger partial charge in [0.05, 0.1) is 11.0 Å². The van der Waals surface area contributed by atoms with Gasteiger partial charge in [-0.25, -0.2) is 0 Å². The number of thiophene rings is 1. The summed E-state index contributed by atoms with van der Waals surface area (Å²) in [5.74, 6) is 0. The smallest absolute Gasteiger partial charge is 0.0541 e. The lowest BCUT2D eigenvalue weighted by molar-refractivity contribution is 1.18. The zero-order valence-corrected chi connectivity index (χ0v) is 35.7. The Bertz CT molecular complexity index is 3870. The quantitative estimate of drug-likeness (QED) is 0.147. The molecule has 13 rings (SSSR count). The van der Waals surface area contributed by atoms with Crippen LogP contribution in [0.5, 0.6) is 0 Å². The Hall–Kier alpha value is -8.04. The molecular weight excluding hydrogens is 791 g/mol. The minimum atomic E-state index is 1.13. The Balaban J connectivity index is 1.01. The number of hydrogen-bond acceptors (Lipinski definition) is 1. The van der Waals surface area contributed by atoms with Crippen molar-refractivity contribution in [2.75, 3.05) is 0 Å². The van der Waals surface area contributed by atoms with E-state index >= 15 is 0 Å². The maximum Gasteiger partial charge on any atom is 0.0541 e. The summed E-state index contributed by atoms with van der Waals surface area (Å²) < 4.78 is 5.11. The number of nitrogens with zero attached hydrogens (tertiary/aromatic N) is 1. The fourth-order valence-corrected chi connectivity index (χ4v) is 11.6. The van der Waals surface area contributed by atoms with Crippen molar-refractivity contribution in [3.05, 3.63) is 237 Å². The number of rotatable bonds is 6. The lowest BCUT2D eigenvalue weighted by Crippen LogP contribution is -1.95. The second-order valence-electron chi connectivity index (χ2n) is 16.7. The Morgan fingerprint density at radius 1 is 0.266 bits per heavy atom. The standard InChI is InChI=1S/C62H39NS/c1-3-16-40(17-4-1)46-20-7-8-21-47(46)43-32-36-57-55(38-43)56-39-44(48-27-15-28-54-49-22-13-14-29-59(49)64-62(48)54)33-37-58(56)63(57)45-34-30-42(31-35-45)61-52-25-11-9-23-50(52)60(41-18-5-2-6-19-41)51-24-10-12-26-53(51)61/h1-39H. The zero-order chi connectivity index (χ0) is 42.1. The summed E-state index contributed by atoms with van der Waals surface area (Å²) >= 11 is 1.89. The highest BCUT2D eigenvalue weighted by atomic mass is 32.1. The first-order valence-corrected chi connectivity index (χ1v) is 22.8. The number of aromatic nitrogens is 1. The average molecular weight is 830 g/mol. The van der Waals surface area contributed by atoms with Crippen molar-refractivity contribution in [1.82, 2.24) is 4.57 Å². The third-order valence-electron chi connectivity index (χ3n) is 13.2. The second-order valence-corrected chi connectivity index (χ2v) is 17.8. The summed E-state index contributed by atoms with van der Waals surface area (Å²) in [6.45, 7) is 0. The topological polar surface area (TPSA) is 4.93 Å². The van der Waals surface area contributed by atoms with Gasteiger partial charge in [-0.3, -0.25) is 0 Å². The molecule has 64 heavy (non-hydrogen) atoms. The molecule has 0 aliphatic heterocycles. The van der Waals surface area contributed by atoms with Crippen LogP contribution in [0.3, 0.4) is 0 Å². The van der Waals surface area contributed by atoms with E-state index in [1.165, 1.54) is 119 Å². The Morgan fingerprint density at radius 2 is 0.688 bits per heavy atom. The van der Waals surface area contributed by atoms with Gasteiger partial charge in [-0.2, -0.15) is 0 Å². The lowest BCUT2D eigenvalue weighted by atomic mass is 9.86. The summed E-state index contributed by atoms with van der Waals surface area (Å²) in [6.07, 6.45) is 0. The Kier molecular flexibility index (Phi) is 8.47. The second kappa shape index (κ2) is 14.8. The van der Waals surface area contributed by atoms with E-state index in [2.05, 4.69) is 241 Å². The number of fused-ring (bicyclic) bond motifs is 8. The van der Waals surface area contributed by atoms with Gasteiger partial charge < -0.3 is 4.57 Å². The van der Waals surface area contributed by atoms with Gasteiger partial charge >= 0.3 is 0 Å². The van der Waals surface area contributed by atoms with E-state index < -0.39 is 0 Å². The predicted octanol–water partition coefficient (Wildman–Crippen LogP) is 17.8. The van der Waals surface area contributed by atoms with Gasteiger partial charge in [-0.1, -0.05) is 194 Å². The molecule has 2 heteroatoms. The molecule has 0 N–H and O–H groups in total. The van der Waals surface area contributed by atoms with Gasteiger partial charge in [-0.15, -0.1) is 11.3 Å². The van der Waals surface area contributed by atoms with Crippen molar-refractivity contribution in [1.29, 1.82) is 0 Å². The maximum atomic E-state index is 2.46. The summed E-state index contributed by atoms with van der Waals surface area (Å²) in [6, 6.07) is 87.1. The highest BCUT2D eigenvalue weighted by molar-refractivity contribution is 7.26. The van der Waals surface area contributed by atoms with Crippen molar-refractivity contribution in [3.63, 3.8) is 0 Å². The maximum absolute atomic E-state index is 2.46. The molecule has 0 amide bonds. The van der Waals surface area contributed by atoms with E-state index in [1.54, 1.807) is 0 Å². The molecule has 0 fully saturated rings. The molecule has 1 nitrogen and oxygen atoms in total. The molecule has 0 saturated carbocycles. The van der Waals surface area contributed by atoms with Crippen LogP contribution in [0.4, 0.5) is 0 Å². The molecule has 11 aromatic carbocycles. The van der Waals surface area contributed by atoms with Gasteiger partial charge in [0, 0.05) is 36.6 Å². The molecule has 0 unspecified atom stereocenters. The molecule has 2 heterocycles. The van der Waals surface area contributed by atoms with Gasteiger partial charge in [0.2, 0.25) is 0 Å². The SMILES string of the molecule is c1ccc(-c2ccccc2-c2ccc3c(c2)c2cc(-c4cccc5c4sc4ccccc45)ccc2n3-c2ccc(-c3c4ccccc4c(-c4ccccc4)c4ccccc34)cc2)cc1. The third kappa shape index (κ3) is 5.77. The highest BCUT2D eigenvalue weighted by Gasteiger charge is 2.20. The van der Waals surface area contributed by atoms with E-state index in [1.807, 2.05) is 11.3 Å². The van der Waals surface area contributed by atoms with E-state index in [4.69, 9.17) is 0 Å². The first-order chi connectivity index (χ1) is 31.8. The highest BCUT2D eigenvalue weighted by Crippen LogP contribution is 2.46. The Morgan fingerprint density at radius 3 is 1.28 bits per heavy atom. The molecule has 13 aromatic rings. The van der Waals surface area contributed by atoms with Crippen LogP contribution in [0.2, 0.25) is 0 Å². The molecular formula is C62H39NS. The van der Waals surface area contributed by atoms with E-state index in [9.17, 15) is 0 Å². The van der Waals surface area contributed by atoms with Crippen molar-refractivity contribution in [3.8, 4) is 61.3 Å². The van der Waals surface area contributed by atoms with Crippen LogP contribution in [0.25, 0.3) is 125 Å². The van der Waals surface area contributed by atoms with Crippen LogP contribution < -0.4 is 0 Å². The molecule has 0 atom stereocenters. The third-order valence-corrected chi connectivity index (χ3v) is 14.4. The van der Waals surface area contributed by atoms with Crippen LogP contribution in [0.15, 0.2) is 237 Å². The van der Waals surface area contributed by atoms with Crippen molar-refractivity contribution >= 4 is 74.9 Å². The van der Waals surface area contributed by atoms with E-state index in [0.29, 0.717) is 0 Å². The molecule has 0 aliphatic carbocycles. The first-order valence-electron chi connectivity index (χ1n) is 22.0.